The second kappa shape index (κ2) is 8.14. The molecule has 3 heterocycles. The number of nitrogens with one attached hydrogen (secondary N) is 1. The summed E-state index contributed by atoms with van der Waals surface area (Å²) in [7, 11) is 0. The fourth-order valence-corrected chi connectivity index (χ4v) is 3.77. The lowest BCUT2D eigenvalue weighted by molar-refractivity contribution is 0.0355. The molecule has 3 aliphatic heterocycles. The number of amides is 2. The number of urea groups is 1. The fraction of sp³-hybridized carbons (Fsp3) is 0.632. The summed E-state index contributed by atoms with van der Waals surface area (Å²) >= 11 is 0. The van der Waals surface area contributed by atoms with Crippen LogP contribution in [0.5, 0.6) is 11.5 Å². The number of fused-ring (bicyclic) bond motifs is 1. The number of carbonyl (C=O) groups is 1. The van der Waals surface area contributed by atoms with Gasteiger partial charge in [0.05, 0.1) is 6.10 Å². The summed E-state index contributed by atoms with van der Waals surface area (Å²) in [4.78, 5) is 17.0. The number of rotatable bonds is 3. The van der Waals surface area contributed by atoms with Gasteiger partial charge in [-0.2, -0.15) is 0 Å². The van der Waals surface area contributed by atoms with Gasteiger partial charge in [0.1, 0.15) is 13.2 Å². The topological polar surface area (TPSA) is 63.3 Å². The minimum atomic E-state index is -0.0846. The van der Waals surface area contributed by atoms with Gasteiger partial charge in [-0.3, -0.25) is 0 Å². The van der Waals surface area contributed by atoms with E-state index in [-0.39, 0.29) is 12.1 Å². The van der Waals surface area contributed by atoms with Crippen molar-refractivity contribution in [2.75, 3.05) is 57.9 Å². The molecule has 0 bridgehead atoms. The number of ether oxygens (including phenoxy) is 3. The van der Waals surface area contributed by atoms with E-state index in [1.165, 1.54) is 12.8 Å². The normalized spacial score (nSPS) is 23.5. The summed E-state index contributed by atoms with van der Waals surface area (Å²) in [5.41, 5.74) is 0.723. The summed E-state index contributed by atoms with van der Waals surface area (Å²) in [6.07, 6.45) is 3.48. The van der Waals surface area contributed by atoms with Crippen LogP contribution in [0.3, 0.4) is 0 Å². The number of likely N-dealkylation sites (tertiary alicyclic amines) is 1. The van der Waals surface area contributed by atoms with E-state index in [2.05, 4.69) is 10.2 Å². The van der Waals surface area contributed by atoms with Gasteiger partial charge < -0.3 is 29.3 Å². The first-order valence-corrected chi connectivity index (χ1v) is 9.57. The molecule has 1 N–H and O–H groups in total. The van der Waals surface area contributed by atoms with Gasteiger partial charge in [-0.25, -0.2) is 4.79 Å². The van der Waals surface area contributed by atoms with Gasteiger partial charge in [-0.15, -0.1) is 0 Å². The predicted octanol–water partition coefficient (Wildman–Crippen LogP) is 2.18. The second-order valence-electron chi connectivity index (χ2n) is 7.09. The third-order valence-corrected chi connectivity index (χ3v) is 5.09. The number of nitrogens with zero attached hydrogens (tertiary/aromatic N) is 2. The van der Waals surface area contributed by atoms with Crippen molar-refractivity contribution in [1.29, 1.82) is 0 Å². The van der Waals surface area contributed by atoms with E-state index in [4.69, 9.17) is 14.2 Å². The van der Waals surface area contributed by atoms with Crippen molar-refractivity contribution in [3.8, 4) is 11.5 Å². The molecule has 2 fully saturated rings. The smallest absolute Gasteiger partial charge is 0.321 e. The number of benzene rings is 1. The molecule has 0 aliphatic carbocycles. The van der Waals surface area contributed by atoms with Gasteiger partial charge in [0.15, 0.2) is 11.5 Å². The molecule has 1 aromatic rings. The standard InChI is InChI=1S/C19H27N3O4/c23-19(20-15-4-5-17-18(12-15)26-11-10-25-17)22-8-3-9-24-16(14-22)13-21-6-1-2-7-21/h4-5,12,16H,1-3,6-11,13-14H2,(H,20,23). The van der Waals surface area contributed by atoms with E-state index in [1.807, 2.05) is 23.1 Å². The summed E-state index contributed by atoms with van der Waals surface area (Å²) < 4.78 is 17.1. The van der Waals surface area contributed by atoms with Crippen LogP contribution in [0.15, 0.2) is 18.2 Å². The van der Waals surface area contributed by atoms with Crippen LogP contribution in [0, 0.1) is 0 Å². The zero-order valence-electron chi connectivity index (χ0n) is 15.1. The Hall–Kier alpha value is -1.99. The first kappa shape index (κ1) is 17.4. The summed E-state index contributed by atoms with van der Waals surface area (Å²) in [5, 5.41) is 2.99. The Labute approximate surface area is 154 Å². The molecule has 2 saturated heterocycles. The Kier molecular flexibility index (Phi) is 5.45. The van der Waals surface area contributed by atoms with Crippen LogP contribution >= 0.6 is 0 Å². The van der Waals surface area contributed by atoms with Crippen molar-refractivity contribution in [2.24, 2.45) is 0 Å². The lowest BCUT2D eigenvalue weighted by atomic mass is 10.2. The maximum atomic E-state index is 12.7. The quantitative estimate of drug-likeness (QED) is 0.894. The Bertz CT molecular complexity index is 633. The summed E-state index contributed by atoms with van der Waals surface area (Å²) in [5.74, 6) is 1.41. The van der Waals surface area contributed by atoms with Crippen LogP contribution in [-0.4, -0.2) is 74.5 Å². The van der Waals surface area contributed by atoms with E-state index in [1.54, 1.807) is 0 Å². The molecule has 0 saturated carbocycles. The highest BCUT2D eigenvalue weighted by molar-refractivity contribution is 5.89. The third-order valence-electron chi connectivity index (χ3n) is 5.09. The zero-order chi connectivity index (χ0) is 17.8. The molecule has 0 radical (unpaired) electrons. The van der Waals surface area contributed by atoms with E-state index < -0.39 is 0 Å². The molecule has 0 aromatic heterocycles. The van der Waals surface area contributed by atoms with Gasteiger partial charge in [0.2, 0.25) is 0 Å². The van der Waals surface area contributed by atoms with Crippen molar-refractivity contribution >= 4 is 11.7 Å². The molecule has 1 atom stereocenters. The molecular formula is C19H27N3O4. The van der Waals surface area contributed by atoms with Crippen molar-refractivity contribution < 1.29 is 19.0 Å². The molecule has 0 spiro atoms. The number of carbonyl (C=O) groups excluding carboxylic acids is 1. The van der Waals surface area contributed by atoms with Crippen LogP contribution in [0.25, 0.3) is 0 Å². The van der Waals surface area contributed by atoms with E-state index in [0.29, 0.717) is 38.7 Å². The third kappa shape index (κ3) is 4.22. The lowest BCUT2D eigenvalue weighted by Crippen LogP contribution is -2.43. The molecule has 26 heavy (non-hydrogen) atoms. The molecular weight excluding hydrogens is 334 g/mol. The number of anilines is 1. The van der Waals surface area contributed by atoms with Gasteiger partial charge in [0.25, 0.3) is 0 Å². The highest BCUT2D eigenvalue weighted by atomic mass is 16.6. The fourth-order valence-electron chi connectivity index (χ4n) is 3.77. The summed E-state index contributed by atoms with van der Waals surface area (Å²) in [6, 6.07) is 5.42. The van der Waals surface area contributed by atoms with Gasteiger partial charge >= 0.3 is 6.03 Å². The largest absolute Gasteiger partial charge is 0.486 e. The first-order valence-electron chi connectivity index (χ1n) is 9.57. The molecule has 2 amide bonds. The molecule has 7 heteroatoms. The maximum Gasteiger partial charge on any atom is 0.321 e. The van der Waals surface area contributed by atoms with E-state index in [0.717, 1.165) is 37.5 Å². The molecule has 142 valence electrons. The zero-order valence-corrected chi connectivity index (χ0v) is 15.1. The number of hydrogen-bond donors (Lipinski definition) is 1. The summed E-state index contributed by atoms with van der Waals surface area (Å²) in [6.45, 7) is 6.35. The molecule has 3 aliphatic rings. The maximum absolute atomic E-state index is 12.7. The van der Waals surface area contributed by atoms with Crippen molar-refractivity contribution in [3.05, 3.63) is 18.2 Å². The minimum absolute atomic E-state index is 0.0846. The highest BCUT2D eigenvalue weighted by Crippen LogP contribution is 2.32. The average Bonchev–Trinajstić information content (AvgIpc) is 3.05. The van der Waals surface area contributed by atoms with E-state index >= 15 is 0 Å². The highest BCUT2D eigenvalue weighted by Gasteiger charge is 2.25. The molecule has 1 unspecified atom stereocenters. The SMILES string of the molecule is O=C(Nc1ccc2c(c1)OCCO2)N1CCCOC(CN2CCCC2)C1. The van der Waals surface area contributed by atoms with Gasteiger partial charge in [-0.1, -0.05) is 0 Å². The number of hydrogen-bond acceptors (Lipinski definition) is 5. The average molecular weight is 361 g/mol. The lowest BCUT2D eigenvalue weighted by Gasteiger charge is -2.27. The van der Waals surface area contributed by atoms with Crippen LogP contribution in [0.1, 0.15) is 19.3 Å². The van der Waals surface area contributed by atoms with Crippen LogP contribution in [0.2, 0.25) is 0 Å². The van der Waals surface area contributed by atoms with Crippen molar-refractivity contribution in [1.82, 2.24) is 9.80 Å². The van der Waals surface area contributed by atoms with Gasteiger partial charge in [0, 0.05) is 38.0 Å². The van der Waals surface area contributed by atoms with Crippen LogP contribution < -0.4 is 14.8 Å². The second-order valence-corrected chi connectivity index (χ2v) is 7.09. The van der Waals surface area contributed by atoms with Crippen molar-refractivity contribution in [3.63, 3.8) is 0 Å². The first-order chi connectivity index (χ1) is 12.8. The Balaban J connectivity index is 1.36. The van der Waals surface area contributed by atoms with Crippen molar-refractivity contribution in [2.45, 2.75) is 25.4 Å². The van der Waals surface area contributed by atoms with Gasteiger partial charge in [-0.05, 0) is 44.5 Å². The van der Waals surface area contributed by atoms with Crippen LogP contribution in [-0.2, 0) is 4.74 Å². The minimum Gasteiger partial charge on any atom is -0.486 e. The Morgan fingerprint density at radius 2 is 1.85 bits per heavy atom. The monoisotopic (exact) mass is 361 g/mol. The van der Waals surface area contributed by atoms with Crippen LogP contribution in [0.4, 0.5) is 10.5 Å². The molecule has 1 aromatic carbocycles. The molecule has 7 nitrogen and oxygen atoms in total. The molecule has 4 rings (SSSR count). The predicted molar refractivity (Wildman–Crippen MR) is 98.1 cm³/mol. The Morgan fingerprint density at radius 3 is 2.69 bits per heavy atom. The Morgan fingerprint density at radius 1 is 1.04 bits per heavy atom. The van der Waals surface area contributed by atoms with E-state index in [9.17, 15) is 4.79 Å².